The van der Waals surface area contributed by atoms with Crippen molar-refractivity contribution in [3.05, 3.63) is 28.5 Å². The Balaban J connectivity index is 2.14. The van der Waals surface area contributed by atoms with E-state index in [2.05, 4.69) is 10.3 Å². The summed E-state index contributed by atoms with van der Waals surface area (Å²) < 4.78 is 1.75. The first-order valence-corrected chi connectivity index (χ1v) is 6.57. The maximum atomic E-state index is 11.5. The van der Waals surface area contributed by atoms with Gasteiger partial charge in [0.2, 0.25) is 5.91 Å². The van der Waals surface area contributed by atoms with Crippen molar-refractivity contribution in [3.63, 3.8) is 0 Å². The fourth-order valence-corrected chi connectivity index (χ4v) is 2.41. The predicted octanol–water partition coefficient (Wildman–Crippen LogP) is 1.65. The van der Waals surface area contributed by atoms with Gasteiger partial charge in [0.1, 0.15) is 6.04 Å². The zero-order valence-corrected chi connectivity index (χ0v) is 11.4. The smallest absolute Gasteiger partial charge is 0.325 e. The number of rotatable bonds is 4. The molecule has 1 atom stereocenters. The molecule has 0 bridgehead atoms. The van der Waals surface area contributed by atoms with Gasteiger partial charge in [0, 0.05) is 17.7 Å². The predicted molar refractivity (Wildman–Crippen MR) is 72.4 cm³/mol. The zero-order chi connectivity index (χ0) is 14.0. The van der Waals surface area contributed by atoms with Crippen LogP contribution in [0, 0.1) is 0 Å². The number of carbonyl (C=O) groups excluding carboxylic acids is 1. The highest BCUT2D eigenvalue weighted by molar-refractivity contribution is 7.15. The lowest BCUT2D eigenvalue weighted by Crippen LogP contribution is -2.37. The molecule has 2 N–H and O–H groups in total. The minimum Gasteiger partial charge on any atom is -0.480 e. The van der Waals surface area contributed by atoms with Crippen molar-refractivity contribution >= 4 is 45.9 Å². The Morgan fingerprint density at radius 1 is 1.63 bits per heavy atom. The van der Waals surface area contributed by atoms with Crippen molar-refractivity contribution in [2.24, 2.45) is 0 Å². The minimum atomic E-state index is -1.09. The summed E-state index contributed by atoms with van der Waals surface area (Å²) in [6.45, 7) is 1.39. The van der Waals surface area contributed by atoms with Gasteiger partial charge in [0.05, 0.1) is 5.69 Å². The average Bonchev–Trinajstić information content (AvgIpc) is 2.87. The van der Waals surface area contributed by atoms with Crippen molar-refractivity contribution in [1.29, 1.82) is 0 Å². The van der Waals surface area contributed by atoms with Gasteiger partial charge in [0.15, 0.2) is 10.1 Å². The number of thiazole rings is 1. The van der Waals surface area contributed by atoms with Crippen LogP contribution >= 0.6 is 22.9 Å². The topological polar surface area (TPSA) is 83.7 Å². The van der Waals surface area contributed by atoms with E-state index in [-0.39, 0.29) is 0 Å². The van der Waals surface area contributed by atoms with E-state index < -0.39 is 17.9 Å². The first-order chi connectivity index (χ1) is 8.99. The Morgan fingerprint density at radius 2 is 2.37 bits per heavy atom. The maximum Gasteiger partial charge on any atom is 0.325 e. The second-order valence-electron chi connectivity index (χ2n) is 3.75. The van der Waals surface area contributed by atoms with Crippen molar-refractivity contribution in [1.82, 2.24) is 14.7 Å². The van der Waals surface area contributed by atoms with Gasteiger partial charge in [-0.25, -0.2) is 4.98 Å². The lowest BCUT2D eigenvalue weighted by Gasteiger charge is -2.05. The third-order valence-electron chi connectivity index (χ3n) is 2.38. The number of hydrogen-bond donors (Lipinski definition) is 2. The summed E-state index contributed by atoms with van der Waals surface area (Å²) in [7, 11) is 0. The molecule has 0 saturated heterocycles. The van der Waals surface area contributed by atoms with Crippen LogP contribution in [0.5, 0.6) is 0 Å². The second kappa shape index (κ2) is 5.41. The van der Waals surface area contributed by atoms with E-state index in [1.165, 1.54) is 30.4 Å². The monoisotopic (exact) mass is 299 g/mol. The van der Waals surface area contributed by atoms with E-state index in [0.29, 0.717) is 10.8 Å². The number of nitrogens with one attached hydrogen (secondary N) is 1. The summed E-state index contributed by atoms with van der Waals surface area (Å²) in [5.74, 6) is -1.60. The molecule has 2 aromatic heterocycles. The molecule has 0 spiro atoms. The first kappa shape index (κ1) is 13.6. The molecule has 0 aromatic carbocycles. The highest BCUT2D eigenvalue weighted by Crippen LogP contribution is 2.22. The molecule has 0 aliphatic heterocycles. The van der Waals surface area contributed by atoms with Gasteiger partial charge >= 0.3 is 5.97 Å². The number of carbonyl (C=O) groups is 2. The van der Waals surface area contributed by atoms with E-state index >= 15 is 0 Å². The fraction of sp³-hybridized carbons (Fsp3) is 0.182. The van der Waals surface area contributed by atoms with Gasteiger partial charge < -0.3 is 10.4 Å². The van der Waals surface area contributed by atoms with Crippen LogP contribution in [0.25, 0.3) is 11.0 Å². The number of imidazole rings is 1. The molecule has 19 heavy (non-hydrogen) atoms. The molecule has 100 valence electrons. The van der Waals surface area contributed by atoms with Crippen LogP contribution < -0.4 is 5.32 Å². The van der Waals surface area contributed by atoms with Gasteiger partial charge in [-0.15, -0.1) is 11.3 Å². The van der Waals surface area contributed by atoms with Crippen LogP contribution in [0.15, 0.2) is 17.7 Å². The molecule has 2 rings (SSSR count). The third kappa shape index (κ3) is 2.94. The summed E-state index contributed by atoms with van der Waals surface area (Å²) in [6, 6.07) is -0.945. The summed E-state index contributed by atoms with van der Waals surface area (Å²) in [5, 5.41) is 13.1. The highest BCUT2D eigenvalue weighted by atomic mass is 35.5. The van der Waals surface area contributed by atoms with Crippen LogP contribution in [-0.4, -0.2) is 32.4 Å². The standard InChI is InChI=1S/C11H10ClN3O3S/c1-6(10(17)18)13-8(16)3-2-7-9(12)14-11-15(7)4-5-19-11/h2-6H,1H3,(H,13,16)(H,17,18)/b3-2+/t6-/m1/s1. The SMILES string of the molecule is C[C@@H](NC(=O)/C=C/c1c(Cl)nc2sccn12)C(=O)O. The number of amides is 1. The molecule has 0 radical (unpaired) electrons. The van der Waals surface area contributed by atoms with Crippen LogP contribution in [0.4, 0.5) is 0 Å². The summed E-state index contributed by atoms with van der Waals surface area (Å²) in [4.78, 5) is 26.9. The quantitative estimate of drug-likeness (QED) is 0.841. The molecule has 2 heterocycles. The van der Waals surface area contributed by atoms with Gasteiger partial charge in [-0.05, 0) is 13.0 Å². The number of halogens is 1. The molecular weight excluding hydrogens is 290 g/mol. The van der Waals surface area contributed by atoms with Crippen molar-refractivity contribution in [3.8, 4) is 0 Å². The maximum absolute atomic E-state index is 11.5. The number of aliphatic carboxylic acids is 1. The third-order valence-corrected chi connectivity index (χ3v) is 3.41. The number of carboxylic acids is 1. The normalized spacial score (nSPS) is 12.9. The Hall–Kier alpha value is -1.86. The van der Waals surface area contributed by atoms with Crippen LogP contribution in [0.2, 0.25) is 5.15 Å². The van der Waals surface area contributed by atoms with E-state index in [1.807, 2.05) is 5.38 Å². The lowest BCUT2D eigenvalue weighted by molar-refractivity contribution is -0.140. The highest BCUT2D eigenvalue weighted by Gasteiger charge is 2.13. The second-order valence-corrected chi connectivity index (χ2v) is 4.98. The molecule has 0 saturated carbocycles. The Bertz CT molecular complexity index is 661. The van der Waals surface area contributed by atoms with Crippen LogP contribution in [0.1, 0.15) is 12.6 Å². The molecular formula is C11H10ClN3O3S. The van der Waals surface area contributed by atoms with Gasteiger partial charge in [0.25, 0.3) is 0 Å². The summed E-state index contributed by atoms with van der Waals surface area (Å²) in [5.41, 5.74) is 0.580. The van der Waals surface area contributed by atoms with Crippen molar-refractivity contribution < 1.29 is 14.7 Å². The van der Waals surface area contributed by atoms with E-state index in [9.17, 15) is 9.59 Å². The first-order valence-electron chi connectivity index (χ1n) is 5.31. The average molecular weight is 300 g/mol. The molecule has 1 amide bonds. The number of aromatic nitrogens is 2. The molecule has 0 fully saturated rings. The molecule has 0 unspecified atom stereocenters. The minimum absolute atomic E-state index is 0.294. The number of nitrogens with zero attached hydrogens (tertiary/aromatic N) is 2. The Morgan fingerprint density at radius 3 is 3.05 bits per heavy atom. The summed E-state index contributed by atoms with van der Waals surface area (Å²) in [6.07, 6.45) is 4.52. The van der Waals surface area contributed by atoms with Crippen LogP contribution in [0.3, 0.4) is 0 Å². The van der Waals surface area contributed by atoms with E-state index in [1.54, 1.807) is 10.6 Å². The van der Waals surface area contributed by atoms with E-state index in [4.69, 9.17) is 16.7 Å². The van der Waals surface area contributed by atoms with Gasteiger partial charge in [-0.3, -0.25) is 14.0 Å². The number of fused-ring (bicyclic) bond motifs is 1. The van der Waals surface area contributed by atoms with E-state index in [0.717, 1.165) is 4.96 Å². The lowest BCUT2D eigenvalue weighted by atomic mass is 10.3. The van der Waals surface area contributed by atoms with Gasteiger partial charge in [-0.1, -0.05) is 11.6 Å². The van der Waals surface area contributed by atoms with Gasteiger partial charge in [-0.2, -0.15) is 0 Å². The molecule has 2 aromatic rings. The molecule has 0 aliphatic rings. The summed E-state index contributed by atoms with van der Waals surface area (Å²) >= 11 is 7.37. The Kier molecular flexibility index (Phi) is 3.87. The molecule has 6 nitrogen and oxygen atoms in total. The van der Waals surface area contributed by atoms with Crippen molar-refractivity contribution in [2.75, 3.05) is 0 Å². The fourth-order valence-electron chi connectivity index (χ4n) is 1.40. The largest absolute Gasteiger partial charge is 0.480 e. The molecule has 0 aliphatic carbocycles. The van der Waals surface area contributed by atoms with Crippen LogP contribution in [-0.2, 0) is 9.59 Å². The number of carboxylic acid groups (broad SMARTS) is 1. The molecule has 8 heteroatoms. The zero-order valence-electron chi connectivity index (χ0n) is 9.83. The van der Waals surface area contributed by atoms with Crippen molar-refractivity contribution in [2.45, 2.75) is 13.0 Å². The Labute approximate surface area is 117 Å². The number of hydrogen-bond acceptors (Lipinski definition) is 4.